The van der Waals surface area contributed by atoms with Crippen molar-refractivity contribution in [3.8, 4) is 11.5 Å². The molecule has 0 radical (unpaired) electrons. The predicted molar refractivity (Wildman–Crippen MR) is 118 cm³/mol. The fourth-order valence-electron chi connectivity index (χ4n) is 3.55. The standard InChI is InChI=1S/C23H25ClN2O5/c1-4-31-16-8-9-18(24)17(13-16)21(28)19-20(14-6-5-7-15(27)12-14)26(11-10-25(2)3)23(30)22(19)29/h5-9,12-13,20,27-28H,4,10-11H2,1-3H3/b21-19+. The van der Waals surface area contributed by atoms with Gasteiger partial charge in [0, 0.05) is 18.7 Å². The van der Waals surface area contributed by atoms with E-state index in [1.807, 2.05) is 25.9 Å². The molecule has 0 aliphatic carbocycles. The SMILES string of the molecule is CCOc1ccc(Cl)c(/C(O)=C2\C(=O)C(=O)N(CCN(C)C)C2c2cccc(O)c2)c1. The Labute approximate surface area is 186 Å². The van der Waals surface area contributed by atoms with Crippen molar-refractivity contribution in [2.24, 2.45) is 0 Å². The van der Waals surface area contributed by atoms with Crippen molar-refractivity contribution in [1.29, 1.82) is 0 Å². The van der Waals surface area contributed by atoms with Gasteiger partial charge in [-0.3, -0.25) is 9.59 Å². The third kappa shape index (κ3) is 4.68. The van der Waals surface area contributed by atoms with Crippen LogP contribution in [0.15, 0.2) is 48.0 Å². The molecular formula is C23H25ClN2O5. The van der Waals surface area contributed by atoms with Gasteiger partial charge in [-0.15, -0.1) is 0 Å². The van der Waals surface area contributed by atoms with E-state index in [0.717, 1.165) is 0 Å². The summed E-state index contributed by atoms with van der Waals surface area (Å²) in [6.07, 6.45) is 0. The number of ketones is 1. The summed E-state index contributed by atoms with van der Waals surface area (Å²) in [5, 5.41) is 21.3. The van der Waals surface area contributed by atoms with Gasteiger partial charge in [-0.05, 0) is 56.9 Å². The van der Waals surface area contributed by atoms with Crippen molar-refractivity contribution in [1.82, 2.24) is 9.80 Å². The topological polar surface area (TPSA) is 90.3 Å². The number of amides is 1. The zero-order valence-electron chi connectivity index (χ0n) is 17.6. The molecule has 0 bridgehead atoms. The number of likely N-dealkylation sites (tertiary alicyclic amines) is 1. The van der Waals surface area contributed by atoms with Gasteiger partial charge in [0.05, 0.1) is 23.2 Å². The first-order valence-electron chi connectivity index (χ1n) is 9.89. The third-order valence-electron chi connectivity index (χ3n) is 5.02. The quantitative estimate of drug-likeness (QED) is 0.386. The van der Waals surface area contributed by atoms with E-state index in [4.69, 9.17) is 16.3 Å². The summed E-state index contributed by atoms with van der Waals surface area (Å²) in [6, 6.07) is 10.2. The first kappa shape index (κ1) is 22.7. The number of ether oxygens (including phenoxy) is 1. The molecule has 1 fully saturated rings. The van der Waals surface area contributed by atoms with Crippen LogP contribution in [0.2, 0.25) is 5.02 Å². The van der Waals surface area contributed by atoms with Crippen LogP contribution in [0.25, 0.3) is 5.76 Å². The maximum absolute atomic E-state index is 13.0. The first-order valence-corrected chi connectivity index (χ1v) is 10.3. The van der Waals surface area contributed by atoms with Crippen molar-refractivity contribution in [3.05, 3.63) is 64.2 Å². The Bertz CT molecular complexity index is 1030. The summed E-state index contributed by atoms with van der Waals surface area (Å²) < 4.78 is 5.48. The van der Waals surface area contributed by atoms with Crippen LogP contribution < -0.4 is 4.74 Å². The molecule has 1 aliphatic heterocycles. The van der Waals surface area contributed by atoms with Gasteiger partial charge in [-0.25, -0.2) is 0 Å². The van der Waals surface area contributed by atoms with E-state index in [1.165, 1.54) is 23.1 Å². The highest BCUT2D eigenvalue weighted by atomic mass is 35.5. The largest absolute Gasteiger partial charge is 0.508 e. The van der Waals surface area contributed by atoms with E-state index in [9.17, 15) is 19.8 Å². The van der Waals surface area contributed by atoms with E-state index in [2.05, 4.69) is 0 Å². The van der Waals surface area contributed by atoms with Crippen LogP contribution in [0, 0.1) is 0 Å². The number of hydrogen-bond donors (Lipinski definition) is 2. The summed E-state index contributed by atoms with van der Waals surface area (Å²) in [5.74, 6) is -1.43. The van der Waals surface area contributed by atoms with Crippen LogP contribution in [-0.2, 0) is 9.59 Å². The van der Waals surface area contributed by atoms with Crippen molar-refractivity contribution in [2.45, 2.75) is 13.0 Å². The van der Waals surface area contributed by atoms with Gasteiger partial charge in [-0.1, -0.05) is 23.7 Å². The Morgan fingerprint density at radius 3 is 2.58 bits per heavy atom. The highest BCUT2D eigenvalue weighted by molar-refractivity contribution is 6.47. The fourth-order valence-corrected chi connectivity index (χ4v) is 3.75. The monoisotopic (exact) mass is 444 g/mol. The molecule has 0 saturated carbocycles. The van der Waals surface area contributed by atoms with E-state index < -0.39 is 17.7 Å². The number of rotatable bonds is 7. The van der Waals surface area contributed by atoms with E-state index >= 15 is 0 Å². The number of aliphatic hydroxyl groups is 1. The number of phenols is 1. The van der Waals surface area contributed by atoms with E-state index in [-0.39, 0.29) is 34.2 Å². The predicted octanol–water partition coefficient (Wildman–Crippen LogP) is 3.43. The molecule has 2 aromatic carbocycles. The molecule has 7 nitrogen and oxygen atoms in total. The average Bonchev–Trinajstić information content (AvgIpc) is 2.98. The molecule has 0 spiro atoms. The first-order chi connectivity index (χ1) is 14.7. The van der Waals surface area contributed by atoms with Gasteiger partial charge >= 0.3 is 0 Å². The summed E-state index contributed by atoms with van der Waals surface area (Å²) >= 11 is 6.31. The number of benzene rings is 2. The number of carbonyl (C=O) groups excluding carboxylic acids is 2. The second-order valence-corrected chi connectivity index (χ2v) is 7.87. The zero-order valence-corrected chi connectivity index (χ0v) is 18.4. The Kier molecular flexibility index (Phi) is 6.87. The molecule has 1 unspecified atom stereocenters. The van der Waals surface area contributed by atoms with Gasteiger partial charge in [0.1, 0.15) is 17.3 Å². The second kappa shape index (κ2) is 9.41. The lowest BCUT2D eigenvalue weighted by Gasteiger charge is -2.26. The molecule has 164 valence electrons. The zero-order chi connectivity index (χ0) is 22.7. The van der Waals surface area contributed by atoms with Crippen molar-refractivity contribution in [3.63, 3.8) is 0 Å². The molecule has 1 saturated heterocycles. The Hall–Kier alpha value is -3.03. The smallest absolute Gasteiger partial charge is 0.295 e. The van der Waals surface area contributed by atoms with E-state index in [1.54, 1.807) is 24.3 Å². The average molecular weight is 445 g/mol. The van der Waals surface area contributed by atoms with Crippen molar-refractivity contribution >= 4 is 29.1 Å². The van der Waals surface area contributed by atoms with Gasteiger partial charge in [0.25, 0.3) is 11.7 Å². The third-order valence-corrected chi connectivity index (χ3v) is 5.35. The van der Waals surface area contributed by atoms with Crippen LogP contribution in [0.3, 0.4) is 0 Å². The Morgan fingerprint density at radius 2 is 1.94 bits per heavy atom. The molecule has 2 N–H and O–H groups in total. The second-order valence-electron chi connectivity index (χ2n) is 7.47. The molecule has 0 aromatic heterocycles. The molecule has 1 heterocycles. The van der Waals surface area contributed by atoms with Crippen molar-refractivity contribution < 1.29 is 24.5 Å². The maximum Gasteiger partial charge on any atom is 0.295 e. The molecule has 1 aliphatic rings. The van der Waals surface area contributed by atoms with Crippen LogP contribution >= 0.6 is 11.6 Å². The number of halogens is 1. The number of aliphatic hydroxyl groups excluding tert-OH is 1. The molecule has 3 rings (SSSR count). The van der Waals surface area contributed by atoms with Crippen LogP contribution in [0.1, 0.15) is 24.1 Å². The van der Waals surface area contributed by atoms with E-state index in [0.29, 0.717) is 24.5 Å². The number of carbonyl (C=O) groups is 2. The van der Waals surface area contributed by atoms with Crippen molar-refractivity contribution in [2.75, 3.05) is 33.8 Å². The Morgan fingerprint density at radius 1 is 1.19 bits per heavy atom. The minimum absolute atomic E-state index is 0.00734. The summed E-state index contributed by atoms with van der Waals surface area (Å²) in [6.45, 7) is 3.02. The number of aromatic hydroxyl groups is 1. The number of phenolic OH excluding ortho intramolecular Hbond substituents is 1. The lowest BCUT2D eigenvalue weighted by molar-refractivity contribution is -0.140. The maximum atomic E-state index is 13.0. The van der Waals surface area contributed by atoms with Gasteiger partial charge in [0.15, 0.2) is 0 Å². The summed E-state index contributed by atoms with van der Waals surface area (Å²) in [4.78, 5) is 29.2. The number of Topliss-reactive ketones (excluding diaryl/α,β-unsaturated/α-hetero) is 1. The number of likely N-dealkylation sites (N-methyl/N-ethyl adjacent to an activating group) is 1. The lowest BCUT2D eigenvalue weighted by atomic mass is 9.95. The normalized spacial score (nSPS) is 18.1. The minimum atomic E-state index is -0.862. The molecule has 8 heteroatoms. The van der Waals surface area contributed by atoms with Crippen LogP contribution in [0.5, 0.6) is 11.5 Å². The van der Waals surface area contributed by atoms with Gasteiger partial charge in [0.2, 0.25) is 0 Å². The van der Waals surface area contributed by atoms with Gasteiger partial charge < -0.3 is 24.7 Å². The van der Waals surface area contributed by atoms with Crippen LogP contribution in [-0.4, -0.2) is 65.5 Å². The highest BCUT2D eigenvalue weighted by Gasteiger charge is 2.46. The Balaban J connectivity index is 2.19. The number of hydrogen-bond acceptors (Lipinski definition) is 6. The minimum Gasteiger partial charge on any atom is -0.508 e. The summed E-state index contributed by atoms with van der Waals surface area (Å²) in [5.41, 5.74) is 0.630. The lowest BCUT2D eigenvalue weighted by Crippen LogP contribution is -2.35. The highest BCUT2D eigenvalue weighted by Crippen LogP contribution is 2.41. The van der Waals surface area contributed by atoms with Gasteiger partial charge in [-0.2, -0.15) is 0 Å². The molecular weight excluding hydrogens is 420 g/mol. The molecule has 1 amide bonds. The van der Waals surface area contributed by atoms with Crippen LogP contribution in [0.4, 0.5) is 0 Å². The fraction of sp³-hybridized carbons (Fsp3) is 0.304. The molecule has 31 heavy (non-hydrogen) atoms. The number of nitrogens with zero attached hydrogens (tertiary/aromatic N) is 2. The summed E-state index contributed by atoms with van der Waals surface area (Å²) in [7, 11) is 3.72. The molecule has 2 aromatic rings. The molecule has 1 atom stereocenters.